The molecule has 1 saturated carbocycles. The second-order valence-corrected chi connectivity index (χ2v) is 6.19. The summed E-state index contributed by atoms with van der Waals surface area (Å²) < 4.78 is 0. The van der Waals surface area contributed by atoms with Gasteiger partial charge in [-0.05, 0) is 49.4 Å². The number of anilines is 1. The molecule has 1 fully saturated rings. The summed E-state index contributed by atoms with van der Waals surface area (Å²) in [6.07, 6.45) is 0.865. The van der Waals surface area contributed by atoms with Gasteiger partial charge in [0.25, 0.3) is 0 Å². The Hall–Kier alpha value is -2.62. The number of amides is 2. The molecule has 0 saturated heterocycles. The van der Waals surface area contributed by atoms with Crippen molar-refractivity contribution in [2.24, 2.45) is 11.7 Å². The fourth-order valence-electron chi connectivity index (χ4n) is 3.02. The fraction of sp³-hybridized carbons (Fsp3) is 0.263. The summed E-state index contributed by atoms with van der Waals surface area (Å²) in [5, 5.41) is 2.94. The summed E-state index contributed by atoms with van der Waals surface area (Å²) in [5.74, 6) is -0.202. The minimum Gasteiger partial charge on any atom is -0.366 e. The molecule has 2 aromatic rings. The molecule has 4 nitrogen and oxygen atoms in total. The highest BCUT2D eigenvalue weighted by Gasteiger charge is 2.44. The lowest BCUT2D eigenvalue weighted by atomic mass is 10.0. The number of carbonyl (C=O) groups is 2. The van der Waals surface area contributed by atoms with E-state index in [0.29, 0.717) is 16.8 Å². The fourth-order valence-corrected chi connectivity index (χ4v) is 3.02. The topological polar surface area (TPSA) is 72.2 Å². The standard InChI is InChI=1S/C19H20N2O2/c1-11-5-3-6-13(9-11)15-10-16(15)19(23)21-17-8-4-7-14(12(17)2)18(20)22/h3-9,15-16H,10H2,1-2H3,(H2,20,22)(H,21,23)/t15-,16+/m1/s1. The van der Waals surface area contributed by atoms with E-state index in [1.807, 2.05) is 6.07 Å². The number of hydrogen-bond donors (Lipinski definition) is 2. The van der Waals surface area contributed by atoms with Crippen molar-refractivity contribution >= 4 is 17.5 Å². The van der Waals surface area contributed by atoms with Crippen molar-refractivity contribution in [1.29, 1.82) is 0 Å². The lowest BCUT2D eigenvalue weighted by Gasteiger charge is -2.11. The molecule has 0 heterocycles. The molecule has 1 aliphatic rings. The molecular weight excluding hydrogens is 288 g/mol. The van der Waals surface area contributed by atoms with Crippen LogP contribution in [0.25, 0.3) is 0 Å². The van der Waals surface area contributed by atoms with Crippen molar-refractivity contribution in [1.82, 2.24) is 0 Å². The molecule has 2 atom stereocenters. The molecule has 1 aliphatic carbocycles. The Balaban J connectivity index is 1.72. The zero-order chi connectivity index (χ0) is 16.6. The van der Waals surface area contributed by atoms with Gasteiger partial charge >= 0.3 is 0 Å². The molecule has 118 valence electrons. The van der Waals surface area contributed by atoms with E-state index in [1.165, 1.54) is 11.1 Å². The van der Waals surface area contributed by atoms with Gasteiger partial charge in [-0.3, -0.25) is 9.59 Å². The first-order chi connectivity index (χ1) is 11.0. The van der Waals surface area contributed by atoms with Crippen molar-refractivity contribution in [3.63, 3.8) is 0 Å². The summed E-state index contributed by atoms with van der Waals surface area (Å²) in [4.78, 5) is 23.8. The van der Waals surface area contributed by atoms with Gasteiger partial charge in [-0.1, -0.05) is 35.9 Å². The van der Waals surface area contributed by atoms with Crippen LogP contribution in [0.3, 0.4) is 0 Å². The molecule has 0 aromatic heterocycles. The molecule has 0 unspecified atom stereocenters. The normalized spacial score (nSPS) is 19.2. The van der Waals surface area contributed by atoms with Crippen molar-refractivity contribution in [2.45, 2.75) is 26.2 Å². The second-order valence-electron chi connectivity index (χ2n) is 6.19. The third-order valence-electron chi connectivity index (χ3n) is 4.45. The lowest BCUT2D eigenvalue weighted by molar-refractivity contribution is -0.117. The zero-order valence-corrected chi connectivity index (χ0v) is 13.3. The van der Waals surface area contributed by atoms with Gasteiger partial charge < -0.3 is 11.1 Å². The van der Waals surface area contributed by atoms with Gasteiger partial charge in [-0.25, -0.2) is 0 Å². The largest absolute Gasteiger partial charge is 0.366 e. The lowest BCUT2D eigenvalue weighted by Crippen LogP contribution is -2.18. The van der Waals surface area contributed by atoms with Crippen molar-refractivity contribution in [2.75, 3.05) is 5.32 Å². The molecule has 0 aliphatic heterocycles. The van der Waals surface area contributed by atoms with E-state index in [-0.39, 0.29) is 17.7 Å². The van der Waals surface area contributed by atoms with Crippen molar-refractivity contribution in [3.8, 4) is 0 Å². The minimum atomic E-state index is -0.484. The monoisotopic (exact) mass is 308 g/mol. The maximum Gasteiger partial charge on any atom is 0.249 e. The molecule has 3 N–H and O–H groups in total. The third-order valence-corrected chi connectivity index (χ3v) is 4.45. The third kappa shape index (κ3) is 3.11. The van der Waals surface area contributed by atoms with Gasteiger partial charge in [0.05, 0.1) is 0 Å². The maximum absolute atomic E-state index is 12.4. The number of benzene rings is 2. The maximum atomic E-state index is 12.4. The first kappa shape index (κ1) is 15.3. The first-order valence-electron chi connectivity index (χ1n) is 7.74. The zero-order valence-electron chi connectivity index (χ0n) is 13.3. The van der Waals surface area contributed by atoms with Crippen LogP contribution in [0.4, 0.5) is 5.69 Å². The van der Waals surface area contributed by atoms with Crippen LogP contribution in [0.2, 0.25) is 0 Å². The second kappa shape index (κ2) is 5.88. The molecule has 23 heavy (non-hydrogen) atoms. The van der Waals surface area contributed by atoms with Crippen LogP contribution in [-0.2, 0) is 4.79 Å². The first-order valence-corrected chi connectivity index (χ1v) is 7.74. The van der Waals surface area contributed by atoms with E-state index in [2.05, 4.69) is 30.4 Å². The Labute approximate surface area is 135 Å². The summed E-state index contributed by atoms with van der Waals surface area (Å²) in [6.45, 7) is 3.85. The van der Waals surface area contributed by atoms with Crippen LogP contribution < -0.4 is 11.1 Å². The van der Waals surface area contributed by atoms with Gasteiger partial charge in [0.15, 0.2) is 0 Å². The Morgan fingerprint density at radius 1 is 1.13 bits per heavy atom. The van der Waals surface area contributed by atoms with Crippen molar-refractivity contribution in [3.05, 3.63) is 64.7 Å². The summed E-state index contributed by atoms with van der Waals surface area (Å²) in [6, 6.07) is 13.5. The predicted molar refractivity (Wildman–Crippen MR) is 90.4 cm³/mol. The molecule has 0 bridgehead atoms. The van der Waals surface area contributed by atoms with Crippen LogP contribution in [0.15, 0.2) is 42.5 Å². The van der Waals surface area contributed by atoms with Crippen molar-refractivity contribution < 1.29 is 9.59 Å². The van der Waals surface area contributed by atoms with Gasteiger partial charge in [-0.2, -0.15) is 0 Å². The number of nitrogens with one attached hydrogen (secondary N) is 1. The Kier molecular flexibility index (Phi) is 3.90. The number of carbonyl (C=O) groups excluding carboxylic acids is 2. The highest BCUT2D eigenvalue weighted by atomic mass is 16.2. The highest BCUT2D eigenvalue weighted by molar-refractivity contribution is 6.00. The summed E-state index contributed by atoms with van der Waals surface area (Å²) in [5.41, 5.74) is 9.57. The summed E-state index contributed by atoms with van der Waals surface area (Å²) >= 11 is 0. The Morgan fingerprint density at radius 2 is 1.87 bits per heavy atom. The van der Waals surface area contributed by atoms with E-state index in [4.69, 9.17) is 5.73 Å². The number of rotatable bonds is 4. The highest BCUT2D eigenvalue weighted by Crippen LogP contribution is 2.48. The van der Waals surface area contributed by atoms with Crippen LogP contribution in [0.5, 0.6) is 0 Å². The average molecular weight is 308 g/mol. The molecule has 0 radical (unpaired) electrons. The summed E-state index contributed by atoms with van der Waals surface area (Å²) in [7, 11) is 0. The Morgan fingerprint density at radius 3 is 2.57 bits per heavy atom. The van der Waals surface area contributed by atoms with E-state index < -0.39 is 5.91 Å². The molecule has 4 heteroatoms. The average Bonchev–Trinajstić information content (AvgIpc) is 3.29. The van der Waals surface area contributed by atoms with E-state index in [9.17, 15) is 9.59 Å². The number of hydrogen-bond acceptors (Lipinski definition) is 2. The van der Waals surface area contributed by atoms with Crippen LogP contribution in [0, 0.1) is 19.8 Å². The molecule has 0 spiro atoms. The van der Waals surface area contributed by atoms with Crippen LogP contribution >= 0.6 is 0 Å². The smallest absolute Gasteiger partial charge is 0.249 e. The molecule has 2 aromatic carbocycles. The van der Waals surface area contributed by atoms with E-state index >= 15 is 0 Å². The number of primary amides is 1. The van der Waals surface area contributed by atoms with Gasteiger partial charge in [0.2, 0.25) is 11.8 Å². The van der Waals surface area contributed by atoms with Crippen LogP contribution in [0.1, 0.15) is 39.4 Å². The van der Waals surface area contributed by atoms with E-state index in [1.54, 1.807) is 25.1 Å². The molecule has 2 amide bonds. The minimum absolute atomic E-state index is 0.00114. The van der Waals surface area contributed by atoms with Gasteiger partial charge in [0, 0.05) is 17.2 Å². The van der Waals surface area contributed by atoms with E-state index in [0.717, 1.165) is 6.42 Å². The Bertz CT molecular complexity index is 783. The molecule has 3 rings (SSSR count). The number of aryl methyl sites for hydroxylation is 1. The van der Waals surface area contributed by atoms with Gasteiger partial charge in [0.1, 0.15) is 0 Å². The van der Waals surface area contributed by atoms with Crippen LogP contribution in [-0.4, -0.2) is 11.8 Å². The number of nitrogens with two attached hydrogens (primary N) is 1. The SMILES string of the molecule is Cc1cccc([C@H]2C[C@@H]2C(=O)Nc2cccc(C(N)=O)c2C)c1. The predicted octanol–water partition coefficient (Wildman–Crippen LogP) is 3.14. The molecular formula is C19H20N2O2. The quantitative estimate of drug-likeness (QED) is 0.910. The van der Waals surface area contributed by atoms with Gasteiger partial charge in [-0.15, -0.1) is 0 Å².